The van der Waals surface area contributed by atoms with Crippen molar-refractivity contribution in [2.75, 3.05) is 5.32 Å². The molecule has 1 aliphatic carbocycles. The lowest BCUT2D eigenvalue weighted by Crippen LogP contribution is -2.29. The highest BCUT2D eigenvalue weighted by atomic mass is 16.5. The number of allylic oxidation sites excluding steroid dienone is 2. The quantitative estimate of drug-likeness (QED) is 0.228. The molecule has 3 heteroatoms. The molecular formula is C33H30N2O. The molecule has 1 N–H and O–H groups in total. The molecule has 0 spiro atoms. The number of rotatable bonds is 6. The number of hydrogen-bond donors (Lipinski definition) is 1. The Labute approximate surface area is 213 Å². The minimum absolute atomic E-state index is 0.297. The van der Waals surface area contributed by atoms with Crippen molar-refractivity contribution < 1.29 is 4.74 Å². The molecule has 36 heavy (non-hydrogen) atoms. The van der Waals surface area contributed by atoms with Crippen molar-refractivity contribution in [3.05, 3.63) is 137 Å². The Morgan fingerprint density at radius 2 is 1.72 bits per heavy atom. The van der Waals surface area contributed by atoms with Crippen LogP contribution >= 0.6 is 0 Å². The summed E-state index contributed by atoms with van der Waals surface area (Å²) in [5.41, 5.74) is 8.37. The lowest BCUT2D eigenvalue weighted by molar-refractivity contribution is 0.306. The number of para-hydroxylation sites is 1. The van der Waals surface area contributed by atoms with Crippen molar-refractivity contribution in [1.29, 1.82) is 0 Å². The molecule has 0 radical (unpaired) electrons. The van der Waals surface area contributed by atoms with Gasteiger partial charge in [0.25, 0.3) is 0 Å². The lowest BCUT2D eigenvalue weighted by Gasteiger charge is -2.37. The van der Waals surface area contributed by atoms with E-state index in [0.29, 0.717) is 24.5 Å². The Hall–Kier alpha value is -4.11. The molecule has 0 saturated heterocycles. The molecule has 4 aromatic carbocycles. The Balaban J connectivity index is 1.18. The Kier molecular flexibility index (Phi) is 6.13. The first kappa shape index (κ1) is 22.4. The summed E-state index contributed by atoms with van der Waals surface area (Å²) < 4.78 is 6.08. The van der Waals surface area contributed by atoms with Gasteiger partial charge in [-0.05, 0) is 66.3 Å². The first-order valence-electron chi connectivity index (χ1n) is 12.7. The van der Waals surface area contributed by atoms with Gasteiger partial charge in [0.1, 0.15) is 12.4 Å². The van der Waals surface area contributed by atoms with Gasteiger partial charge in [-0.25, -0.2) is 0 Å². The van der Waals surface area contributed by atoms with E-state index in [4.69, 9.17) is 9.73 Å². The second-order valence-electron chi connectivity index (χ2n) is 9.73. The van der Waals surface area contributed by atoms with Gasteiger partial charge in [-0.3, -0.25) is 4.99 Å². The van der Waals surface area contributed by atoms with Crippen LogP contribution in [0.4, 0.5) is 11.4 Å². The van der Waals surface area contributed by atoms with Crippen LogP contribution in [-0.2, 0) is 6.61 Å². The van der Waals surface area contributed by atoms with Crippen LogP contribution in [0.15, 0.2) is 114 Å². The first-order valence-corrected chi connectivity index (χ1v) is 12.7. The Morgan fingerprint density at radius 3 is 2.58 bits per heavy atom. The number of benzene rings is 4. The third-order valence-electron chi connectivity index (χ3n) is 7.28. The van der Waals surface area contributed by atoms with Crippen LogP contribution in [0.3, 0.4) is 0 Å². The van der Waals surface area contributed by atoms with E-state index in [1.54, 1.807) is 0 Å². The van der Waals surface area contributed by atoms with Gasteiger partial charge in [0.2, 0.25) is 0 Å². The molecule has 6 rings (SSSR count). The monoisotopic (exact) mass is 470 g/mol. The summed E-state index contributed by atoms with van der Waals surface area (Å²) in [6.45, 7) is 2.71. The number of nitrogens with one attached hydrogen (secondary N) is 1. The molecule has 0 fully saturated rings. The fraction of sp³-hybridized carbons (Fsp3) is 0.182. The largest absolute Gasteiger partial charge is 0.488 e. The van der Waals surface area contributed by atoms with Crippen LogP contribution in [0.2, 0.25) is 0 Å². The van der Waals surface area contributed by atoms with Crippen molar-refractivity contribution >= 4 is 17.6 Å². The average molecular weight is 471 g/mol. The Bertz CT molecular complexity index is 1410. The number of hydrogen-bond acceptors (Lipinski definition) is 3. The van der Waals surface area contributed by atoms with Crippen LogP contribution < -0.4 is 10.1 Å². The van der Waals surface area contributed by atoms with Crippen LogP contribution in [0, 0.1) is 12.8 Å². The van der Waals surface area contributed by atoms with Crippen molar-refractivity contribution in [1.82, 2.24) is 0 Å². The zero-order valence-electron chi connectivity index (χ0n) is 20.5. The minimum Gasteiger partial charge on any atom is -0.488 e. The van der Waals surface area contributed by atoms with E-state index in [-0.39, 0.29) is 0 Å². The molecule has 1 heterocycles. The smallest absolute Gasteiger partial charge is 0.128 e. The zero-order chi connectivity index (χ0) is 24.3. The maximum Gasteiger partial charge on any atom is 0.128 e. The highest BCUT2D eigenvalue weighted by molar-refractivity contribution is 5.85. The van der Waals surface area contributed by atoms with Gasteiger partial charge in [0, 0.05) is 23.4 Å². The third kappa shape index (κ3) is 4.57. The van der Waals surface area contributed by atoms with Crippen molar-refractivity contribution in [3.63, 3.8) is 0 Å². The molecule has 3 atom stereocenters. The maximum atomic E-state index is 6.08. The summed E-state index contributed by atoms with van der Waals surface area (Å²) >= 11 is 0. The molecule has 2 aliphatic rings. The minimum atomic E-state index is 0.297. The number of anilines is 1. The molecule has 0 unspecified atom stereocenters. The molecule has 0 amide bonds. The Morgan fingerprint density at radius 1 is 0.917 bits per heavy atom. The summed E-state index contributed by atoms with van der Waals surface area (Å²) in [6.07, 6.45) is 7.74. The van der Waals surface area contributed by atoms with Gasteiger partial charge >= 0.3 is 0 Å². The van der Waals surface area contributed by atoms with E-state index in [9.17, 15) is 0 Å². The second kappa shape index (κ2) is 9.87. The fourth-order valence-corrected chi connectivity index (χ4v) is 5.41. The van der Waals surface area contributed by atoms with Crippen molar-refractivity contribution in [2.24, 2.45) is 10.9 Å². The van der Waals surface area contributed by atoms with Gasteiger partial charge in [0.05, 0.1) is 11.7 Å². The molecule has 178 valence electrons. The van der Waals surface area contributed by atoms with Crippen molar-refractivity contribution in [3.8, 4) is 5.75 Å². The van der Waals surface area contributed by atoms with E-state index >= 15 is 0 Å². The molecule has 0 saturated carbocycles. The summed E-state index contributed by atoms with van der Waals surface area (Å²) in [5, 5.41) is 3.83. The number of fused-ring (bicyclic) bond motifs is 3. The highest BCUT2D eigenvalue weighted by Crippen LogP contribution is 2.50. The number of ether oxygens (including phenoxy) is 1. The zero-order valence-corrected chi connectivity index (χ0v) is 20.5. The standard InChI is InChI=1S/C33H30N2O/c1-23-14-19-31-30(20-23)28-11-7-12-29(28)33(35-31)25-15-17-27(18-16-25)34-21-26-10-5-6-13-32(26)36-22-24-8-3-2-4-9-24/h2-11,13-21,28-29,33,35H,12,22H2,1H3/t28-,29+,33-/m1/s1. The van der Waals surface area contributed by atoms with E-state index in [0.717, 1.165) is 29.0 Å². The van der Waals surface area contributed by atoms with E-state index < -0.39 is 0 Å². The highest BCUT2D eigenvalue weighted by Gasteiger charge is 2.37. The average Bonchev–Trinajstić information content (AvgIpc) is 3.42. The molecule has 1 aliphatic heterocycles. The van der Waals surface area contributed by atoms with Gasteiger partial charge in [0.15, 0.2) is 0 Å². The van der Waals surface area contributed by atoms with Gasteiger partial charge in [-0.1, -0.05) is 84.4 Å². The predicted molar refractivity (Wildman–Crippen MR) is 148 cm³/mol. The lowest BCUT2D eigenvalue weighted by atomic mass is 9.76. The van der Waals surface area contributed by atoms with Crippen LogP contribution in [0.1, 0.15) is 46.2 Å². The normalized spacial score (nSPS) is 20.1. The summed E-state index contributed by atoms with van der Waals surface area (Å²) in [4.78, 5) is 4.75. The van der Waals surface area contributed by atoms with E-state index in [1.165, 1.54) is 22.4 Å². The summed E-state index contributed by atoms with van der Waals surface area (Å²) in [6, 6.07) is 34.0. The molecule has 0 aromatic heterocycles. The van der Waals surface area contributed by atoms with Crippen LogP contribution in [0.25, 0.3) is 0 Å². The third-order valence-corrected chi connectivity index (χ3v) is 7.28. The van der Waals surface area contributed by atoms with E-state index in [2.05, 4.69) is 79.0 Å². The molecule has 0 bridgehead atoms. The number of nitrogens with zero attached hydrogens (tertiary/aromatic N) is 1. The van der Waals surface area contributed by atoms with Gasteiger partial charge in [-0.15, -0.1) is 0 Å². The van der Waals surface area contributed by atoms with Crippen LogP contribution in [-0.4, -0.2) is 6.21 Å². The molecule has 3 nitrogen and oxygen atoms in total. The fourth-order valence-electron chi connectivity index (χ4n) is 5.41. The second-order valence-corrected chi connectivity index (χ2v) is 9.73. The van der Waals surface area contributed by atoms with Gasteiger partial charge < -0.3 is 10.1 Å². The number of aryl methyl sites for hydroxylation is 1. The number of aliphatic imine (C=N–C) groups is 1. The molecular weight excluding hydrogens is 440 g/mol. The van der Waals surface area contributed by atoms with E-state index in [1.807, 2.05) is 48.7 Å². The topological polar surface area (TPSA) is 33.6 Å². The maximum absolute atomic E-state index is 6.08. The predicted octanol–water partition coefficient (Wildman–Crippen LogP) is 8.15. The summed E-state index contributed by atoms with van der Waals surface area (Å²) in [5.74, 6) is 1.86. The summed E-state index contributed by atoms with van der Waals surface area (Å²) in [7, 11) is 0. The molecule has 4 aromatic rings. The van der Waals surface area contributed by atoms with Crippen molar-refractivity contribution in [2.45, 2.75) is 31.9 Å². The van der Waals surface area contributed by atoms with Gasteiger partial charge in [-0.2, -0.15) is 0 Å². The first-order chi connectivity index (χ1) is 17.7. The van der Waals surface area contributed by atoms with Crippen LogP contribution in [0.5, 0.6) is 5.75 Å². The SMILES string of the molecule is Cc1ccc2c(c1)[C@@H]1C=CC[C@@H]1[C@@H](c1ccc(N=Cc3ccccc3OCc3ccccc3)cc1)N2.